The van der Waals surface area contributed by atoms with E-state index in [0.717, 1.165) is 26.0 Å². The fourth-order valence-electron chi connectivity index (χ4n) is 4.11. The molecule has 0 amide bonds. The van der Waals surface area contributed by atoms with Crippen LogP contribution in [0.2, 0.25) is 0 Å². The monoisotopic (exact) mass is 256 g/mol. The highest BCUT2D eigenvalue weighted by atomic mass is 19.1. The lowest BCUT2D eigenvalue weighted by atomic mass is 9.77. The van der Waals surface area contributed by atoms with Crippen LogP contribution in [0.4, 0.5) is 4.39 Å². The SMILES string of the molecule is CN[C@H]1CC[C@@]2(CCCO2)C[C@@H]1N1CC[C@H](F)C1. The minimum Gasteiger partial charge on any atom is -0.375 e. The van der Waals surface area contributed by atoms with Gasteiger partial charge in [0.2, 0.25) is 0 Å². The van der Waals surface area contributed by atoms with Crippen molar-refractivity contribution in [2.75, 3.05) is 26.7 Å². The first-order chi connectivity index (χ1) is 8.72. The van der Waals surface area contributed by atoms with Crippen LogP contribution in [0, 0.1) is 0 Å². The van der Waals surface area contributed by atoms with Crippen LogP contribution in [0.15, 0.2) is 0 Å². The molecule has 4 atom stereocenters. The van der Waals surface area contributed by atoms with Crippen molar-refractivity contribution in [3.63, 3.8) is 0 Å². The highest BCUT2D eigenvalue weighted by molar-refractivity contribution is 5.01. The number of alkyl halides is 1. The number of ether oxygens (including phenoxy) is 1. The van der Waals surface area contributed by atoms with Gasteiger partial charge in [0.05, 0.1) is 5.60 Å². The molecule has 0 unspecified atom stereocenters. The molecule has 4 heteroatoms. The summed E-state index contributed by atoms with van der Waals surface area (Å²) in [5.74, 6) is 0. The minimum atomic E-state index is -0.620. The van der Waals surface area contributed by atoms with Crippen LogP contribution < -0.4 is 5.32 Å². The quantitative estimate of drug-likeness (QED) is 0.814. The van der Waals surface area contributed by atoms with E-state index in [2.05, 4.69) is 10.2 Å². The first-order valence-corrected chi connectivity index (χ1v) is 7.42. The van der Waals surface area contributed by atoms with Crippen LogP contribution >= 0.6 is 0 Å². The topological polar surface area (TPSA) is 24.5 Å². The number of likely N-dealkylation sites (N-methyl/N-ethyl adjacent to an activating group) is 1. The van der Waals surface area contributed by atoms with Crippen molar-refractivity contribution in [1.82, 2.24) is 10.2 Å². The van der Waals surface area contributed by atoms with Gasteiger partial charge in [0.15, 0.2) is 0 Å². The molecule has 0 aromatic heterocycles. The van der Waals surface area contributed by atoms with Gasteiger partial charge in [-0.1, -0.05) is 0 Å². The van der Waals surface area contributed by atoms with E-state index in [1.165, 1.54) is 19.3 Å². The summed E-state index contributed by atoms with van der Waals surface area (Å²) in [6.45, 7) is 2.46. The normalized spacial score (nSPS) is 46.0. The molecule has 3 nitrogen and oxygen atoms in total. The predicted molar refractivity (Wildman–Crippen MR) is 69.5 cm³/mol. The van der Waals surface area contributed by atoms with Crippen molar-refractivity contribution >= 4 is 0 Å². The lowest BCUT2D eigenvalue weighted by molar-refractivity contribution is -0.0573. The molecule has 1 saturated carbocycles. The van der Waals surface area contributed by atoms with Crippen molar-refractivity contribution in [3.8, 4) is 0 Å². The highest BCUT2D eigenvalue weighted by Crippen LogP contribution is 2.41. The minimum absolute atomic E-state index is 0.117. The van der Waals surface area contributed by atoms with Crippen molar-refractivity contribution < 1.29 is 9.13 Å². The van der Waals surface area contributed by atoms with Gasteiger partial charge in [-0.25, -0.2) is 4.39 Å². The maximum Gasteiger partial charge on any atom is 0.114 e. The summed E-state index contributed by atoms with van der Waals surface area (Å²) in [6, 6.07) is 0.965. The second-order valence-corrected chi connectivity index (χ2v) is 6.22. The molecule has 2 heterocycles. The highest BCUT2D eigenvalue weighted by Gasteiger charge is 2.46. The molecule has 1 aliphatic carbocycles. The lowest BCUT2D eigenvalue weighted by Crippen LogP contribution is -2.56. The summed E-state index contributed by atoms with van der Waals surface area (Å²) in [7, 11) is 2.04. The summed E-state index contributed by atoms with van der Waals surface area (Å²) < 4.78 is 19.5. The van der Waals surface area contributed by atoms with Crippen molar-refractivity contribution in [1.29, 1.82) is 0 Å². The molecule has 2 saturated heterocycles. The smallest absolute Gasteiger partial charge is 0.114 e. The van der Waals surface area contributed by atoms with Gasteiger partial charge >= 0.3 is 0 Å². The standard InChI is InChI=1S/C14H25FN2O/c1-16-12-3-6-14(5-2-8-18-14)9-13(12)17-7-4-11(15)10-17/h11-13,16H,2-10H2,1H3/t11-,12-,13-,14-/m0/s1. The first-order valence-electron chi connectivity index (χ1n) is 7.42. The number of likely N-dealkylation sites (tertiary alicyclic amines) is 1. The Morgan fingerprint density at radius 2 is 2.22 bits per heavy atom. The van der Waals surface area contributed by atoms with Crippen LogP contribution in [-0.4, -0.2) is 55.5 Å². The zero-order valence-corrected chi connectivity index (χ0v) is 11.3. The number of nitrogens with zero attached hydrogens (tertiary/aromatic N) is 1. The third kappa shape index (κ3) is 2.30. The molecule has 1 spiro atoms. The van der Waals surface area contributed by atoms with Crippen LogP contribution in [-0.2, 0) is 4.74 Å². The number of hydrogen-bond donors (Lipinski definition) is 1. The van der Waals surface area contributed by atoms with Crippen molar-refractivity contribution in [3.05, 3.63) is 0 Å². The van der Waals surface area contributed by atoms with E-state index in [-0.39, 0.29) is 5.60 Å². The molecular formula is C14H25FN2O. The molecule has 1 N–H and O–H groups in total. The third-order valence-electron chi connectivity index (χ3n) is 5.14. The molecule has 2 aliphatic heterocycles. The van der Waals surface area contributed by atoms with Gasteiger partial charge in [-0.2, -0.15) is 0 Å². The Morgan fingerprint density at radius 3 is 2.83 bits per heavy atom. The lowest BCUT2D eigenvalue weighted by Gasteiger charge is -2.45. The van der Waals surface area contributed by atoms with Gasteiger partial charge in [-0.3, -0.25) is 4.90 Å². The molecule has 0 aromatic carbocycles. The average Bonchev–Trinajstić information content (AvgIpc) is 2.99. The van der Waals surface area contributed by atoms with Crippen molar-refractivity contribution in [2.45, 2.75) is 62.4 Å². The zero-order valence-electron chi connectivity index (χ0n) is 11.3. The molecular weight excluding hydrogens is 231 g/mol. The van der Waals surface area contributed by atoms with Gasteiger partial charge in [0, 0.05) is 31.8 Å². The van der Waals surface area contributed by atoms with Crippen LogP contribution in [0.3, 0.4) is 0 Å². The molecule has 18 heavy (non-hydrogen) atoms. The molecule has 3 fully saturated rings. The van der Waals surface area contributed by atoms with Gasteiger partial charge < -0.3 is 10.1 Å². The van der Waals surface area contributed by atoms with E-state index < -0.39 is 6.17 Å². The molecule has 0 aromatic rings. The van der Waals surface area contributed by atoms with Gasteiger partial charge in [0.1, 0.15) is 6.17 Å². The Hall–Kier alpha value is -0.190. The van der Waals surface area contributed by atoms with Gasteiger partial charge in [-0.15, -0.1) is 0 Å². The summed E-state index contributed by atoms with van der Waals surface area (Å²) in [5, 5.41) is 3.43. The molecule has 0 radical (unpaired) electrons. The van der Waals surface area contributed by atoms with Crippen LogP contribution in [0.25, 0.3) is 0 Å². The second-order valence-electron chi connectivity index (χ2n) is 6.22. The number of halogens is 1. The van der Waals surface area contributed by atoms with E-state index in [1.54, 1.807) is 0 Å². The Balaban J connectivity index is 1.71. The summed E-state index contributed by atoms with van der Waals surface area (Å²) in [6.07, 6.45) is 5.91. The van der Waals surface area contributed by atoms with E-state index in [9.17, 15) is 4.39 Å². The zero-order chi connectivity index (χ0) is 12.6. The number of rotatable bonds is 2. The average molecular weight is 256 g/mol. The number of nitrogens with one attached hydrogen (secondary N) is 1. The Morgan fingerprint density at radius 1 is 1.33 bits per heavy atom. The third-order valence-corrected chi connectivity index (χ3v) is 5.14. The fourth-order valence-corrected chi connectivity index (χ4v) is 4.11. The molecule has 0 bridgehead atoms. The summed E-state index contributed by atoms with van der Waals surface area (Å²) in [5.41, 5.74) is 0.117. The largest absolute Gasteiger partial charge is 0.375 e. The predicted octanol–water partition coefficient (Wildman–Crippen LogP) is 1.72. The Kier molecular flexibility index (Phi) is 3.61. The molecule has 3 rings (SSSR count). The first kappa shape index (κ1) is 12.8. The van der Waals surface area contributed by atoms with Gasteiger partial charge in [-0.05, 0) is 45.6 Å². The van der Waals surface area contributed by atoms with E-state index in [1.807, 2.05) is 7.05 Å². The maximum absolute atomic E-state index is 13.4. The number of hydrogen-bond acceptors (Lipinski definition) is 3. The second kappa shape index (κ2) is 5.06. The van der Waals surface area contributed by atoms with E-state index in [4.69, 9.17) is 4.74 Å². The molecule has 3 aliphatic rings. The fraction of sp³-hybridized carbons (Fsp3) is 1.00. The Labute approximate surface area is 109 Å². The van der Waals surface area contributed by atoms with E-state index >= 15 is 0 Å². The van der Waals surface area contributed by atoms with Crippen LogP contribution in [0.1, 0.15) is 38.5 Å². The van der Waals surface area contributed by atoms with Gasteiger partial charge in [0.25, 0.3) is 0 Å². The summed E-state index contributed by atoms with van der Waals surface area (Å²) in [4.78, 5) is 2.36. The van der Waals surface area contributed by atoms with Crippen molar-refractivity contribution in [2.24, 2.45) is 0 Å². The maximum atomic E-state index is 13.4. The van der Waals surface area contributed by atoms with Crippen LogP contribution in [0.5, 0.6) is 0 Å². The van der Waals surface area contributed by atoms with E-state index in [0.29, 0.717) is 25.0 Å². The Bertz CT molecular complexity index is 294. The summed E-state index contributed by atoms with van der Waals surface area (Å²) >= 11 is 0. The molecule has 104 valence electrons.